The van der Waals surface area contributed by atoms with Gasteiger partial charge in [0.1, 0.15) is 5.82 Å². The van der Waals surface area contributed by atoms with E-state index in [1.54, 1.807) is 0 Å². The number of nitrogens with two attached hydrogens (primary N) is 1. The molecular formula is C7H6F4N2. The minimum Gasteiger partial charge on any atom is -0.321 e. The molecule has 2 nitrogen and oxygen atoms in total. The lowest BCUT2D eigenvalue weighted by Gasteiger charge is -2.08. The summed E-state index contributed by atoms with van der Waals surface area (Å²) in [5.74, 6) is 3.81. The highest BCUT2D eigenvalue weighted by molar-refractivity contribution is 5.45. The highest BCUT2D eigenvalue weighted by atomic mass is 19.4. The van der Waals surface area contributed by atoms with E-state index in [1.807, 2.05) is 5.43 Å². The molecule has 0 fully saturated rings. The summed E-state index contributed by atoms with van der Waals surface area (Å²) in [4.78, 5) is 0. The van der Waals surface area contributed by atoms with Gasteiger partial charge in [0, 0.05) is 0 Å². The summed E-state index contributed by atoms with van der Waals surface area (Å²) in [6.45, 7) is 0. The molecule has 0 amide bonds. The van der Waals surface area contributed by atoms with Crippen molar-refractivity contribution in [3.8, 4) is 0 Å². The van der Waals surface area contributed by atoms with Gasteiger partial charge in [0.15, 0.2) is 0 Å². The van der Waals surface area contributed by atoms with Crippen LogP contribution in [-0.4, -0.2) is 0 Å². The maximum Gasteiger partial charge on any atom is 0.416 e. The van der Waals surface area contributed by atoms with E-state index >= 15 is 0 Å². The molecule has 1 aromatic carbocycles. The topological polar surface area (TPSA) is 38.0 Å². The normalized spacial score (nSPS) is 11.5. The molecule has 13 heavy (non-hydrogen) atoms. The lowest BCUT2D eigenvalue weighted by atomic mass is 10.2. The third kappa shape index (κ3) is 2.09. The van der Waals surface area contributed by atoms with Gasteiger partial charge in [-0.25, -0.2) is 4.39 Å². The van der Waals surface area contributed by atoms with E-state index in [-0.39, 0.29) is 5.69 Å². The number of rotatable bonds is 1. The van der Waals surface area contributed by atoms with Crippen LogP contribution < -0.4 is 11.3 Å². The van der Waals surface area contributed by atoms with Crippen molar-refractivity contribution in [3.05, 3.63) is 29.6 Å². The molecule has 0 saturated heterocycles. The predicted molar refractivity (Wildman–Crippen MR) is 39.2 cm³/mol. The Hall–Kier alpha value is -1.30. The fraction of sp³-hybridized carbons (Fsp3) is 0.143. The summed E-state index contributed by atoms with van der Waals surface area (Å²) in [5, 5.41) is 0. The van der Waals surface area contributed by atoms with E-state index in [1.165, 1.54) is 0 Å². The first-order valence-corrected chi connectivity index (χ1v) is 3.28. The molecule has 0 heterocycles. The fourth-order valence-electron chi connectivity index (χ4n) is 0.808. The number of hydrogen-bond donors (Lipinski definition) is 2. The molecule has 1 rings (SSSR count). The van der Waals surface area contributed by atoms with Gasteiger partial charge in [-0.1, -0.05) is 0 Å². The van der Waals surface area contributed by atoms with E-state index in [0.29, 0.717) is 6.07 Å². The van der Waals surface area contributed by atoms with Gasteiger partial charge >= 0.3 is 6.18 Å². The van der Waals surface area contributed by atoms with Crippen molar-refractivity contribution >= 4 is 5.69 Å². The Labute approximate surface area is 71.3 Å². The van der Waals surface area contributed by atoms with Crippen molar-refractivity contribution < 1.29 is 17.6 Å². The molecule has 1 aromatic rings. The number of anilines is 1. The molecule has 3 N–H and O–H groups in total. The Kier molecular flexibility index (Phi) is 2.42. The highest BCUT2D eigenvalue weighted by Gasteiger charge is 2.31. The van der Waals surface area contributed by atoms with Crippen LogP contribution >= 0.6 is 0 Å². The molecule has 72 valence electrons. The van der Waals surface area contributed by atoms with Gasteiger partial charge < -0.3 is 5.43 Å². The van der Waals surface area contributed by atoms with E-state index in [9.17, 15) is 17.6 Å². The molecule has 0 atom stereocenters. The molecule has 0 aliphatic rings. The lowest BCUT2D eigenvalue weighted by Crippen LogP contribution is -2.10. The Morgan fingerprint density at radius 2 is 1.85 bits per heavy atom. The highest BCUT2D eigenvalue weighted by Crippen LogP contribution is 2.30. The van der Waals surface area contributed by atoms with Gasteiger partial charge in [-0.2, -0.15) is 13.2 Å². The molecule has 0 unspecified atom stereocenters. The van der Waals surface area contributed by atoms with Crippen LogP contribution in [0.2, 0.25) is 0 Å². The van der Waals surface area contributed by atoms with Crippen LogP contribution in [0.15, 0.2) is 18.2 Å². The van der Waals surface area contributed by atoms with Crippen molar-refractivity contribution in [3.63, 3.8) is 0 Å². The van der Waals surface area contributed by atoms with Gasteiger partial charge in [0.25, 0.3) is 0 Å². The fourth-order valence-corrected chi connectivity index (χ4v) is 0.808. The smallest absolute Gasteiger partial charge is 0.321 e. The van der Waals surface area contributed by atoms with Gasteiger partial charge in [-0.05, 0) is 18.2 Å². The summed E-state index contributed by atoms with van der Waals surface area (Å²) in [7, 11) is 0. The standard InChI is InChI=1S/C7H6F4N2/c8-5-3-4(7(9,10)11)1-2-6(5)13-12/h1-3,13H,12H2. The molecule has 0 saturated carbocycles. The monoisotopic (exact) mass is 194 g/mol. The quantitative estimate of drug-likeness (QED) is 0.408. The van der Waals surface area contributed by atoms with Crippen LogP contribution in [0.25, 0.3) is 0 Å². The first kappa shape index (κ1) is 9.79. The lowest BCUT2D eigenvalue weighted by molar-refractivity contribution is -0.137. The third-order valence-corrected chi connectivity index (χ3v) is 1.45. The maximum atomic E-state index is 12.7. The van der Waals surface area contributed by atoms with Crippen molar-refractivity contribution in [1.82, 2.24) is 0 Å². The number of hydrazine groups is 1. The molecule has 0 bridgehead atoms. The Morgan fingerprint density at radius 1 is 1.23 bits per heavy atom. The Bertz CT molecular complexity index is 308. The van der Waals surface area contributed by atoms with Crippen LogP contribution in [0.3, 0.4) is 0 Å². The number of nitrogens with one attached hydrogen (secondary N) is 1. The number of benzene rings is 1. The maximum absolute atomic E-state index is 12.7. The van der Waals surface area contributed by atoms with Crippen molar-refractivity contribution in [2.45, 2.75) is 6.18 Å². The van der Waals surface area contributed by atoms with Crippen molar-refractivity contribution in [2.24, 2.45) is 5.84 Å². The van der Waals surface area contributed by atoms with Crippen LogP contribution in [0, 0.1) is 5.82 Å². The molecule has 0 aliphatic heterocycles. The summed E-state index contributed by atoms with van der Waals surface area (Å²) in [6, 6.07) is 2.06. The molecule has 6 heteroatoms. The largest absolute Gasteiger partial charge is 0.416 e. The summed E-state index contributed by atoms with van der Waals surface area (Å²) < 4.78 is 48.7. The third-order valence-electron chi connectivity index (χ3n) is 1.45. The zero-order valence-corrected chi connectivity index (χ0v) is 6.32. The number of alkyl halides is 3. The minimum absolute atomic E-state index is 0.173. The zero-order chi connectivity index (χ0) is 10.1. The van der Waals surface area contributed by atoms with Crippen LogP contribution in [-0.2, 0) is 6.18 Å². The minimum atomic E-state index is -4.53. The SMILES string of the molecule is NNc1ccc(C(F)(F)F)cc1F. The number of nitrogen functional groups attached to an aromatic ring is 1. The van der Waals surface area contributed by atoms with Gasteiger partial charge in [-0.3, -0.25) is 5.84 Å². The zero-order valence-electron chi connectivity index (χ0n) is 6.32. The second kappa shape index (κ2) is 3.21. The first-order valence-electron chi connectivity index (χ1n) is 3.28. The summed E-state index contributed by atoms with van der Waals surface area (Å²) in [6.07, 6.45) is -4.53. The van der Waals surface area contributed by atoms with Gasteiger partial charge in [-0.15, -0.1) is 0 Å². The molecule has 0 spiro atoms. The van der Waals surface area contributed by atoms with E-state index in [2.05, 4.69) is 0 Å². The second-order valence-corrected chi connectivity index (χ2v) is 2.34. The van der Waals surface area contributed by atoms with Gasteiger partial charge in [0.2, 0.25) is 0 Å². The average molecular weight is 194 g/mol. The summed E-state index contributed by atoms with van der Waals surface area (Å²) >= 11 is 0. The number of hydrogen-bond acceptors (Lipinski definition) is 2. The van der Waals surface area contributed by atoms with Crippen LogP contribution in [0.5, 0.6) is 0 Å². The van der Waals surface area contributed by atoms with Gasteiger partial charge in [0.05, 0.1) is 11.3 Å². The first-order chi connectivity index (χ1) is 5.95. The van der Waals surface area contributed by atoms with E-state index in [0.717, 1.165) is 12.1 Å². The summed E-state index contributed by atoms with van der Waals surface area (Å²) in [5.41, 5.74) is 0.720. The number of halogens is 4. The Balaban J connectivity index is 3.10. The van der Waals surface area contributed by atoms with E-state index in [4.69, 9.17) is 5.84 Å². The molecular weight excluding hydrogens is 188 g/mol. The molecule has 0 aromatic heterocycles. The van der Waals surface area contributed by atoms with Crippen LogP contribution in [0.1, 0.15) is 5.56 Å². The Morgan fingerprint density at radius 3 is 2.23 bits per heavy atom. The molecule has 0 aliphatic carbocycles. The van der Waals surface area contributed by atoms with Crippen molar-refractivity contribution in [2.75, 3.05) is 5.43 Å². The predicted octanol–water partition coefficient (Wildman–Crippen LogP) is 2.13. The second-order valence-electron chi connectivity index (χ2n) is 2.34. The molecule has 0 radical (unpaired) electrons. The average Bonchev–Trinajstić information content (AvgIpc) is 2.02. The van der Waals surface area contributed by atoms with Crippen molar-refractivity contribution in [1.29, 1.82) is 0 Å². The van der Waals surface area contributed by atoms with Crippen LogP contribution in [0.4, 0.5) is 23.2 Å². The van der Waals surface area contributed by atoms with E-state index < -0.39 is 17.6 Å².